The largest absolute Gasteiger partial charge is 0.323 e. The molecule has 0 spiro atoms. The number of benzene rings is 2. The fourth-order valence-electron chi connectivity index (χ4n) is 1.86. The second kappa shape index (κ2) is 8.35. The summed E-state index contributed by atoms with van der Waals surface area (Å²) in [5, 5.41) is 4.68. The molecule has 0 saturated heterocycles. The molecule has 0 heterocycles. The Morgan fingerprint density at radius 1 is 0.920 bits per heavy atom. The summed E-state index contributed by atoms with van der Waals surface area (Å²) in [6, 6.07) is 8.29. The molecule has 130 valence electrons. The van der Waals surface area contributed by atoms with E-state index in [0.717, 1.165) is 0 Å². The third-order valence-corrected chi connectivity index (χ3v) is 4.07. The van der Waals surface area contributed by atoms with Gasteiger partial charge in [0.25, 0.3) is 5.91 Å². The van der Waals surface area contributed by atoms with Gasteiger partial charge < -0.3 is 10.6 Å². The minimum Gasteiger partial charge on any atom is -0.323 e. The van der Waals surface area contributed by atoms with Gasteiger partial charge in [-0.05, 0) is 36.4 Å². The van der Waals surface area contributed by atoms with Gasteiger partial charge in [-0.25, -0.2) is 8.78 Å². The van der Waals surface area contributed by atoms with Gasteiger partial charge in [-0.3, -0.25) is 9.59 Å². The Hall–Kier alpha value is -2.06. The van der Waals surface area contributed by atoms with Crippen LogP contribution in [0.5, 0.6) is 0 Å². The summed E-state index contributed by atoms with van der Waals surface area (Å²) >= 11 is 6.22. The lowest BCUT2D eigenvalue weighted by Gasteiger charge is -2.10. The minimum absolute atomic E-state index is 0.0136. The number of carbonyl (C=O) groups excluding carboxylic acids is 2. The van der Waals surface area contributed by atoms with Gasteiger partial charge in [-0.2, -0.15) is 0 Å². The predicted octanol–water partition coefficient (Wildman–Crippen LogP) is 5.01. The first-order chi connectivity index (χ1) is 11.8. The van der Waals surface area contributed by atoms with E-state index in [1.54, 1.807) is 12.1 Å². The molecule has 0 radical (unpaired) electrons. The molecular weight excluding hydrogens is 462 g/mol. The van der Waals surface area contributed by atoms with Crippen LogP contribution in [0.25, 0.3) is 0 Å². The highest BCUT2D eigenvalue weighted by Gasteiger charge is 2.15. The van der Waals surface area contributed by atoms with E-state index in [1.165, 1.54) is 24.3 Å². The molecule has 2 amide bonds. The van der Waals surface area contributed by atoms with Crippen LogP contribution < -0.4 is 10.6 Å². The molecule has 0 bridgehead atoms. The highest BCUT2D eigenvalue weighted by molar-refractivity contribution is 9.10. The molecule has 2 N–H and O–H groups in total. The van der Waals surface area contributed by atoms with E-state index in [-0.39, 0.29) is 23.4 Å². The van der Waals surface area contributed by atoms with E-state index in [1.807, 2.05) is 0 Å². The first-order valence-electron chi connectivity index (χ1n) is 6.95. The molecule has 8 heteroatoms. The number of halogens is 4. The Labute approximate surface area is 159 Å². The standard InChI is InChI=1S/C17H12Br2F2N2O2/c1-9(17(25)23-15-5-3-11(19)8-13(15)21)6-16(24)22-14-4-2-10(18)7-12(14)20/h2-5,7-8H,1,6H2,(H,22,24)(H,23,25). The van der Waals surface area contributed by atoms with Gasteiger partial charge in [0.1, 0.15) is 11.6 Å². The van der Waals surface area contributed by atoms with E-state index < -0.39 is 23.4 Å². The van der Waals surface area contributed by atoms with Gasteiger partial charge in [0, 0.05) is 14.5 Å². The third-order valence-electron chi connectivity index (χ3n) is 3.08. The lowest BCUT2D eigenvalue weighted by molar-refractivity contribution is -0.118. The topological polar surface area (TPSA) is 58.2 Å². The quantitative estimate of drug-likeness (QED) is 0.599. The zero-order valence-electron chi connectivity index (χ0n) is 12.7. The average molecular weight is 474 g/mol. The highest BCUT2D eigenvalue weighted by Crippen LogP contribution is 2.21. The summed E-state index contributed by atoms with van der Waals surface area (Å²) < 4.78 is 28.4. The van der Waals surface area contributed by atoms with Gasteiger partial charge in [0.05, 0.1) is 17.8 Å². The van der Waals surface area contributed by atoms with Crippen LogP contribution in [0, 0.1) is 11.6 Å². The fraction of sp³-hybridized carbons (Fsp3) is 0.0588. The fourth-order valence-corrected chi connectivity index (χ4v) is 2.53. The van der Waals surface area contributed by atoms with Crippen molar-refractivity contribution >= 4 is 55.0 Å². The van der Waals surface area contributed by atoms with Crippen molar-refractivity contribution in [3.05, 3.63) is 69.1 Å². The molecule has 0 aromatic heterocycles. The molecular formula is C17H12Br2F2N2O2. The van der Waals surface area contributed by atoms with Gasteiger partial charge >= 0.3 is 0 Å². The molecule has 0 aliphatic carbocycles. The third kappa shape index (κ3) is 5.47. The van der Waals surface area contributed by atoms with E-state index in [9.17, 15) is 18.4 Å². The summed E-state index contributed by atoms with van der Waals surface area (Å²) in [7, 11) is 0. The first kappa shape index (κ1) is 19.3. The molecule has 0 aliphatic heterocycles. The normalized spacial score (nSPS) is 10.2. The molecule has 4 nitrogen and oxygen atoms in total. The number of hydrogen-bond acceptors (Lipinski definition) is 2. The molecule has 0 aliphatic rings. The first-order valence-corrected chi connectivity index (χ1v) is 8.54. The maximum absolute atomic E-state index is 13.7. The number of carbonyl (C=O) groups is 2. The average Bonchev–Trinajstić information content (AvgIpc) is 2.52. The van der Waals surface area contributed by atoms with Gasteiger partial charge in [-0.15, -0.1) is 0 Å². The van der Waals surface area contributed by atoms with Gasteiger partial charge in [-0.1, -0.05) is 38.4 Å². The number of anilines is 2. The van der Waals surface area contributed by atoms with Crippen molar-refractivity contribution in [2.75, 3.05) is 10.6 Å². The van der Waals surface area contributed by atoms with Gasteiger partial charge in [0.15, 0.2) is 0 Å². The van der Waals surface area contributed by atoms with E-state index in [4.69, 9.17) is 0 Å². The van der Waals surface area contributed by atoms with Crippen LogP contribution in [0.4, 0.5) is 20.2 Å². The maximum Gasteiger partial charge on any atom is 0.251 e. The Kier molecular flexibility index (Phi) is 6.44. The van der Waals surface area contributed by atoms with Crippen LogP contribution in [-0.4, -0.2) is 11.8 Å². The zero-order valence-corrected chi connectivity index (χ0v) is 15.9. The summed E-state index contributed by atoms with van der Waals surface area (Å²) in [5.74, 6) is -2.56. The van der Waals surface area contributed by atoms with Crippen LogP contribution in [0.1, 0.15) is 6.42 Å². The summed E-state index contributed by atoms with van der Waals surface area (Å²) in [4.78, 5) is 23.9. The smallest absolute Gasteiger partial charge is 0.251 e. The lowest BCUT2D eigenvalue weighted by atomic mass is 10.1. The maximum atomic E-state index is 13.7. The van der Waals surface area contributed by atoms with Crippen LogP contribution >= 0.6 is 31.9 Å². The van der Waals surface area contributed by atoms with Crippen molar-refractivity contribution in [3.8, 4) is 0 Å². The Morgan fingerprint density at radius 3 is 1.88 bits per heavy atom. The molecule has 2 rings (SSSR count). The molecule has 2 aromatic rings. The van der Waals surface area contributed by atoms with E-state index in [2.05, 4.69) is 49.1 Å². The predicted molar refractivity (Wildman–Crippen MR) is 99.2 cm³/mol. The molecule has 0 fully saturated rings. The molecule has 0 saturated carbocycles. The van der Waals surface area contributed by atoms with Crippen LogP contribution in [0.3, 0.4) is 0 Å². The van der Waals surface area contributed by atoms with Crippen molar-refractivity contribution in [1.82, 2.24) is 0 Å². The Bertz CT molecular complexity index is 857. The summed E-state index contributed by atoms with van der Waals surface area (Å²) in [6.07, 6.45) is -0.362. The van der Waals surface area contributed by atoms with Crippen LogP contribution in [-0.2, 0) is 9.59 Å². The monoisotopic (exact) mass is 472 g/mol. The molecule has 0 atom stereocenters. The molecule has 0 unspecified atom stereocenters. The van der Waals surface area contributed by atoms with Crippen molar-refractivity contribution in [3.63, 3.8) is 0 Å². The van der Waals surface area contributed by atoms with Gasteiger partial charge in [0.2, 0.25) is 5.91 Å². The Morgan fingerprint density at radius 2 is 1.40 bits per heavy atom. The van der Waals surface area contributed by atoms with Crippen LogP contribution in [0.15, 0.2) is 57.5 Å². The van der Waals surface area contributed by atoms with Crippen molar-refractivity contribution in [2.24, 2.45) is 0 Å². The second-order valence-electron chi connectivity index (χ2n) is 5.03. The number of rotatable bonds is 5. The Balaban J connectivity index is 1.96. The van der Waals surface area contributed by atoms with Crippen molar-refractivity contribution < 1.29 is 18.4 Å². The number of hydrogen-bond donors (Lipinski definition) is 2. The number of amides is 2. The van der Waals surface area contributed by atoms with Crippen molar-refractivity contribution in [2.45, 2.75) is 6.42 Å². The summed E-state index contributed by atoms with van der Waals surface area (Å²) in [6.45, 7) is 3.51. The van der Waals surface area contributed by atoms with Crippen LogP contribution in [0.2, 0.25) is 0 Å². The lowest BCUT2D eigenvalue weighted by Crippen LogP contribution is -2.20. The van der Waals surface area contributed by atoms with Crippen molar-refractivity contribution in [1.29, 1.82) is 0 Å². The SMILES string of the molecule is C=C(CC(=O)Nc1ccc(Br)cc1F)C(=O)Nc1ccc(Br)cc1F. The minimum atomic E-state index is -0.701. The zero-order chi connectivity index (χ0) is 18.6. The second-order valence-corrected chi connectivity index (χ2v) is 6.86. The highest BCUT2D eigenvalue weighted by atomic mass is 79.9. The summed E-state index contributed by atoms with van der Waals surface area (Å²) in [5.41, 5.74) is -0.133. The number of nitrogens with one attached hydrogen (secondary N) is 2. The molecule has 25 heavy (non-hydrogen) atoms. The van der Waals surface area contributed by atoms with E-state index >= 15 is 0 Å². The van der Waals surface area contributed by atoms with E-state index in [0.29, 0.717) is 8.95 Å². The molecule has 2 aromatic carbocycles.